The van der Waals surface area contributed by atoms with Crippen LogP contribution in [0.15, 0.2) is 17.5 Å². The summed E-state index contributed by atoms with van der Waals surface area (Å²) in [7, 11) is 1.33. The van der Waals surface area contributed by atoms with Crippen molar-refractivity contribution in [2.24, 2.45) is 0 Å². The van der Waals surface area contributed by atoms with Crippen LogP contribution >= 0.6 is 23.1 Å². The number of methoxy groups -OCH3 is 1. The highest BCUT2D eigenvalue weighted by atomic mass is 32.2. The van der Waals surface area contributed by atoms with E-state index in [1.165, 1.54) is 18.9 Å². The predicted octanol–water partition coefficient (Wildman–Crippen LogP) is 0.629. The Hall–Kier alpha value is -1.91. The Bertz CT molecular complexity index is 709. The van der Waals surface area contributed by atoms with Crippen molar-refractivity contribution in [3.63, 3.8) is 0 Å². The van der Waals surface area contributed by atoms with Gasteiger partial charge in [-0.15, -0.1) is 23.1 Å². The summed E-state index contributed by atoms with van der Waals surface area (Å²) in [5.74, 6) is -1.24. The Morgan fingerprint density at radius 1 is 1.27 bits per heavy atom. The Kier molecular flexibility index (Phi) is 5.94. The predicted molar refractivity (Wildman–Crippen MR) is 96.7 cm³/mol. The number of amides is 4. The maximum atomic E-state index is 12.5. The van der Waals surface area contributed by atoms with Gasteiger partial charge in [0.05, 0.1) is 13.8 Å². The number of ether oxygens (including phenoxy) is 1. The van der Waals surface area contributed by atoms with Crippen molar-refractivity contribution in [1.29, 1.82) is 0 Å². The standard InChI is InChI=1S/C16H19N3O5S2/c1-24-15(22)12-9-17(6-8-26-12)10-19-14(21)13(20)18(16(19)23)5-4-11-3-2-7-25-11/h2-3,7,12H,4-6,8-10H2,1H3/t12-/m0/s1. The molecule has 0 aliphatic carbocycles. The van der Waals surface area contributed by atoms with Crippen molar-refractivity contribution in [2.45, 2.75) is 11.7 Å². The lowest BCUT2D eigenvalue weighted by atomic mass is 10.3. The minimum Gasteiger partial charge on any atom is -0.468 e. The van der Waals surface area contributed by atoms with Gasteiger partial charge in [-0.05, 0) is 11.4 Å². The Balaban J connectivity index is 1.61. The van der Waals surface area contributed by atoms with E-state index < -0.39 is 17.8 Å². The lowest BCUT2D eigenvalue weighted by Gasteiger charge is -2.32. The normalized spacial score (nSPS) is 21.6. The molecule has 1 aromatic rings. The summed E-state index contributed by atoms with van der Waals surface area (Å²) in [6, 6.07) is 3.23. The maximum Gasteiger partial charge on any atom is 0.335 e. The van der Waals surface area contributed by atoms with Gasteiger partial charge in [0.25, 0.3) is 0 Å². The number of imide groups is 2. The second kappa shape index (κ2) is 8.19. The van der Waals surface area contributed by atoms with Gasteiger partial charge in [-0.2, -0.15) is 0 Å². The highest BCUT2D eigenvalue weighted by Crippen LogP contribution is 2.22. The second-order valence-corrected chi connectivity index (χ2v) is 8.25. The minimum absolute atomic E-state index is 0.00691. The first kappa shape index (κ1) is 18.9. The Labute approximate surface area is 159 Å². The number of thiophene rings is 1. The zero-order valence-electron chi connectivity index (χ0n) is 14.3. The molecule has 10 heteroatoms. The second-order valence-electron chi connectivity index (χ2n) is 5.90. The van der Waals surface area contributed by atoms with Gasteiger partial charge in [0, 0.05) is 36.7 Å². The number of carbonyl (C=O) groups is 4. The van der Waals surface area contributed by atoms with E-state index in [0.717, 1.165) is 14.7 Å². The number of esters is 1. The maximum absolute atomic E-state index is 12.5. The molecule has 1 aromatic heterocycles. The van der Waals surface area contributed by atoms with Gasteiger partial charge in [0.2, 0.25) is 0 Å². The van der Waals surface area contributed by atoms with E-state index in [-0.39, 0.29) is 24.4 Å². The molecule has 2 aliphatic heterocycles. The number of urea groups is 1. The highest BCUT2D eigenvalue weighted by molar-refractivity contribution is 8.00. The van der Waals surface area contributed by atoms with Gasteiger partial charge in [-0.25, -0.2) is 9.69 Å². The van der Waals surface area contributed by atoms with Gasteiger partial charge in [-0.1, -0.05) is 6.07 Å². The molecule has 0 saturated carbocycles. The van der Waals surface area contributed by atoms with Gasteiger partial charge in [0.15, 0.2) is 0 Å². The highest BCUT2D eigenvalue weighted by Gasteiger charge is 2.45. The van der Waals surface area contributed by atoms with Gasteiger partial charge < -0.3 is 4.74 Å². The molecule has 3 heterocycles. The van der Waals surface area contributed by atoms with Gasteiger partial charge in [-0.3, -0.25) is 24.2 Å². The van der Waals surface area contributed by atoms with E-state index in [9.17, 15) is 19.2 Å². The number of hydrogen-bond donors (Lipinski definition) is 0. The summed E-state index contributed by atoms with van der Waals surface area (Å²) in [6.45, 7) is 1.18. The van der Waals surface area contributed by atoms with E-state index >= 15 is 0 Å². The molecule has 0 bridgehead atoms. The van der Waals surface area contributed by atoms with Crippen molar-refractivity contribution in [3.05, 3.63) is 22.4 Å². The van der Waals surface area contributed by atoms with Gasteiger partial charge in [0.1, 0.15) is 5.25 Å². The zero-order valence-corrected chi connectivity index (χ0v) is 15.9. The van der Waals surface area contributed by atoms with Crippen LogP contribution in [0, 0.1) is 0 Å². The topological polar surface area (TPSA) is 87.2 Å². The number of thioether (sulfide) groups is 1. The Morgan fingerprint density at radius 2 is 2.04 bits per heavy atom. The molecule has 0 N–H and O–H groups in total. The van der Waals surface area contributed by atoms with Crippen LogP contribution in [0.5, 0.6) is 0 Å². The van der Waals surface area contributed by atoms with E-state index in [0.29, 0.717) is 25.3 Å². The fourth-order valence-corrected chi connectivity index (χ4v) is 4.75. The number of carbonyl (C=O) groups excluding carboxylic acids is 4. The smallest absolute Gasteiger partial charge is 0.335 e. The van der Waals surface area contributed by atoms with Crippen molar-refractivity contribution < 1.29 is 23.9 Å². The van der Waals surface area contributed by atoms with Crippen molar-refractivity contribution in [2.75, 3.05) is 39.2 Å². The molecule has 2 fully saturated rings. The first-order valence-corrected chi connectivity index (χ1v) is 10.1. The molecular formula is C16H19N3O5S2. The first-order valence-electron chi connectivity index (χ1n) is 8.12. The van der Waals surface area contributed by atoms with Crippen LogP contribution in [-0.4, -0.2) is 82.9 Å². The van der Waals surface area contributed by atoms with Crippen LogP contribution in [0.25, 0.3) is 0 Å². The van der Waals surface area contributed by atoms with Crippen LogP contribution < -0.4 is 0 Å². The summed E-state index contributed by atoms with van der Waals surface area (Å²) >= 11 is 3.03. The van der Waals surface area contributed by atoms with Crippen LogP contribution in [0.4, 0.5) is 4.79 Å². The van der Waals surface area contributed by atoms with Crippen molar-refractivity contribution in [3.8, 4) is 0 Å². The molecule has 0 unspecified atom stereocenters. The van der Waals surface area contributed by atoms with Crippen molar-refractivity contribution >= 4 is 46.9 Å². The number of rotatable bonds is 6. The van der Waals surface area contributed by atoms with Crippen LogP contribution in [-0.2, 0) is 25.5 Å². The number of hydrogen-bond acceptors (Lipinski definition) is 8. The fraction of sp³-hybridized carbons (Fsp3) is 0.500. The van der Waals surface area contributed by atoms with Crippen LogP contribution in [0.3, 0.4) is 0 Å². The zero-order chi connectivity index (χ0) is 18.7. The average molecular weight is 397 g/mol. The minimum atomic E-state index is -0.811. The average Bonchev–Trinajstić information content (AvgIpc) is 3.24. The number of nitrogens with zero attached hydrogens (tertiary/aromatic N) is 3. The summed E-state index contributed by atoms with van der Waals surface area (Å²) in [4.78, 5) is 53.4. The lowest BCUT2D eigenvalue weighted by molar-refractivity contribution is -0.144. The van der Waals surface area contributed by atoms with E-state index in [1.807, 2.05) is 22.4 Å². The molecule has 2 aliphatic rings. The molecule has 140 valence electrons. The van der Waals surface area contributed by atoms with E-state index in [2.05, 4.69) is 0 Å². The third-order valence-electron chi connectivity index (χ3n) is 4.25. The summed E-state index contributed by atoms with van der Waals surface area (Å²) in [5.41, 5.74) is 0. The molecule has 0 spiro atoms. The molecule has 26 heavy (non-hydrogen) atoms. The fourth-order valence-electron chi connectivity index (χ4n) is 2.85. The first-order chi connectivity index (χ1) is 12.5. The lowest BCUT2D eigenvalue weighted by Crippen LogP contribution is -2.49. The monoisotopic (exact) mass is 397 g/mol. The Morgan fingerprint density at radius 3 is 2.73 bits per heavy atom. The molecule has 1 atom stereocenters. The molecule has 2 saturated heterocycles. The molecule has 0 aromatic carbocycles. The quantitative estimate of drug-likeness (QED) is 0.395. The molecule has 0 radical (unpaired) electrons. The molecule has 3 rings (SSSR count). The summed E-state index contributed by atoms with van der Waals surface area (Å²) < 4.78 is 4.76. The van der Waals surface area contributed by atoms with Crippen LogP contribution in [0.1, 0.15) is 4.88 Å². The van der Waals surface area contributed by atoms with E-state index in [4.69, 9.17) is 4.74 Å². The van der Waals surface area contributed by atoms with Crippen molar-refractivity contribution in [1.82, 2.24) is 14.7 Å². The summed E-state index contributed by atoms with van der Waals surface area (Å²) in [6.07, 6.45) is 0.529. The molecular weight excluding hydrogens is 378 g/mol. The molecule has 4 amide bonds. The van der Waals surface area contributed by atoms with E-state index in [1.54, 1.807) is 11.3 Å². The third-order valence-corrected chi connectivity index (χ3v) is 6.35. The SMILES string of the molecule is COC(=O)[C@@H]1CN(CN2C(=O)C(=O)N(CCc3cccs3)C2=O)CCS1. The molecule has 8 nitrogen and oxygen atoms in total. The van der Waals surface area contributed by atoms with Crippen LogP contribution in [0.2, 0.25) is 0 Å². The third kappa shape index (κ3) is 3.92. The summed E-state index contributed by atoms with van der Waals surface area (Å²) in [5, 5.41) is 1.57. The van der Waals surface area contributed by atoms with Gasteiger partial charge >= 0.3 is 23.8 Å². The largest absolute Gasteiger partial charge is 0.468 e.